The quantitative estimate of drug-likeness (QED) is 0.811. The van der Waals surface area contributed by atoms with Gasteiger partial charge in [0, 0.05) is 25.3 Å². The normalized spacial score (nSPS) is 22.2. The fourth-order valence-corrected chi connectivity index (χ4v) is 5.28. The molecule has 7 nitrogen and oxygen atoms in total. The number of rotatable bonds is 6. The molecule has 3 rings (SSSR count). The van der Waals surface area contributed by atoms with E-state index in [2.05, 4.69) is 0 Å². The highest BCUT2D eigenvalue weighted by Gasteiger charge is 2.44. The number of hydrogen-bond donors (Lipinski definition) is 1. The molecule has 1 aromatic rings. The third kappa shape index (κ3) is 3.01. The average molecular weight is 380 g/mol. The number of amides is 1. The molecule has 2 atom stereocenters. The van der Waals surface area contributed by atoms with Crippen molar-refractivity contribution in [3.63, 3.8) is 0 Å². The second-order valence-corrected chi connectivity index (χ2v) is 8.69. The Hall–Kier alpha value is -1.93. The van der Waals surface area contributed by atoms with Crippen molar-refractivity contribution in [1.29, 1.82) is 0 Å². The molecule has 1 aliphatic heterocycles. The van der Waals surface area contributed by atoms with E-state index in [4.69, 9.17) is 0 Å². The van der Waals surface area contributed by atoms with Crippen molar-refractivity contribution in [1.82, 2.24) is 4.31 Å². The minimum atomic E-state index is -3.54. The van der Waals surface area contributed by atoms with Gasteiger partial charge in [-0.1, -0.05) is 13.8 Å². The summed E-state index contributed by atoms with van der Waals surface area (Å²) >= 11 is 0. The van der Waals surface area contributed by atoms with Crippen LogP contribution in [-0.2, 0) is 26.0 Å². The lowest BCUT2D eigenvalue weighted by atomic mass is 9.73. The van der Waals surface area contributed by atoms with E-state index in [1.165, 1.54) is 10.4 Å². The van der Waals surface area contributed by atoms with Crippen molar-refractivity contribution < 1.29 is 23.1 Å². The number of carboxylic acid groups (broad SMARTS) is 1. The van der Waals surface area contributed by atoms with Gasteiger partial charge in [-0.25, -0.2) is 8.42 Å². The van der Waals surface area contributed by atoms with Gasteiger partial charge < -0.3 is 10.0 Å². The van der Waals surface area contributed by atoms with Crippen molar-refractivity contribution >= 4 is 27.6 Å². The molecule has 0 spiro atoms. The van der Waals surface area contributed by atoms with Gasteiger partial charge in [-0.3, -0.25) is 9.59 Å². The van der Waals surface area contributed by atoms with Crippen molar-refractivity contribution in [3.8, 4) is 0 Å². The topological polar surface area (TPSA) is 95.0 Å². The molecule has 8 heteroatoms. The summed E-state index contributed by atoms with van der Waals surface area (Å²) in [5, 5.41) is 9.17. The molecular formula is C18H24N2O5S. The predicted molar refractivity (Wildman–Crippen MR) is 96.5 cm³/mol. The van der Waals surface area contributed by atoms with E-state index < -0.39 is 27.8 Å². The maximum Gasteiger partial charge on any atom is 0.307 e. The van der Waals surface area contributed by atoms with Crippen LogP contribution >= 0.6 is 0 Å². The summed E-state index contributed by atoms with van der Waals surface area (Å²) in [5.41, 5.74) is 1.52. The summed E-state index contributed by atoms with van der Waals surface area (Å²) in [6.45, 7) is 4.86. The van der Waals surface area contributed by atoms with Crippen LogP contribution in [0.25, 0.3) is 0 Å². The molecule has 2 unspecified atom stereocenters. The Bertz CT molecular complexity index is 832. The summed E-state index contributed by atoms with van der Waals surface area (Å²) < 4.78 is 26.7. The molecule has 1 saturated carbocycles. The second-order valence-electron chi connectivity index (χ2n) is 6.75. The Labute approximate surface area is 153 Å². The number of anilines is 1. The van der Waals surface area contributed by atoms with Crippen molar-refractivity contribution in [2.45, 2.75) is 38.0 Å². The summed E-state index contributed by atoms with van der Waals surface area (Å²) in [5.74, 6) is -2.16. The first-order valence-electron chi connectivity index (χ1n) is 8.98. The van der Waals surface area contributed by atoms with Crippen LogP contribution in [0.4, 0.5) is 5.69 Å². The van der Waals surface area contributed by atoms with Crippen molar-refractivity contribution in [2.24, 2.45) is 11.8 Å². The van der Waals surface area contributed by atoms with Crippen LogP contribution < -0.4 is 4.90 Å². The Balaban J connectivity index is 1.85. The number of hydrogen-bond acceptors (Lipinski definition) is 4. The Kier molecular flexibility index (Phi) is 5.07. The van der Waals surface area contributed by atoms with E-state index in [9.17, 15) is 23.1 Å². The number of carbonyl (C=O) groups is 2. The number of nitrogens with zero attached hydrogens (tertiary/aromatic N) is 2. The van der Waals surface area contributed by atoms with Gasteiger partial charge in [0.25, 0.3) is 0 Å². The van der Waals surface area contributed by atoms with Crippen LogP contribution in [-0.4, -0.2) is 49.3 Å². The molecule has 1 aromatic carbocycles. The molecule has 1 fully saturated rings. The zero-order valence-electron chi connectivity index (χ0n) is 15.0. The standard InChI is InChI=1S/C18H24N2O5S/c1-3-19(4-2)26(24,25)13-5-8-16-12(11-13)9-10-20(16)17(21)14-6-7-15(14)18(22)23/h5,8,11,14-15H,3-4,6-7,9-10H2,1-2H3,(H,22,23). The molecule has 0 radical (unpaired) electrons. The number of carbonyl (C=O) groups excluding carboxylic acids is 1. The number of carboxylic acids is 1. The van der Waals surface area contributed by atoms with Gasteiger partial charge in [0.1, 0.15) is 0 Å². The first-order chi connectivity index (χ1) is 12.3. The second kappa shape index (κ2) is 7.00. The van der Waals surface area contributed by atoms with Crippen LogP contribution in [0.15, 0.2) is 23.1 Å². The predicted octanol–water partition coefficient (Wildman–Crippen LogP) is 1.72. The van der Waals surface area contributed by atoms with E-state index in [1.54, 1.807) is 30.9 Å². The Morgan fingerprint density at radius 3 is 2.38 bits per heavy atom. The smallest absolute Gasteiger partial charge is 0.307 e. The minimum Gasteiger partial charge on any atom is -0.481 e. The molecule has 0 saturated heterocycles. The third-order valence-corrected chi connectivity index (χ3v) is 7.51. The average Bonchev–Trinajstić information content (AvgIpc) is 2.97. The molecule has 1 heterocycles. The monoisotopic (exact) mass is 380 g/mol. The molecule has 1 amide bonds. The van der Waals surface area contributed by atoms with Gasteiger partial charge in [0.2, 0.25) is 15.9 Å². The highest BCUT2D eigenvalue weighted by atomic mass is 32.2. The first kappa shape index (κ1) is 18.8. The lowest BCUT2D eigenvalue weighted by Gasteiger charge is -2.35. The number of benzene rings is 1. The fourth-order valence-electron chi connectivity index (χ4n) is 3.77. The van der Waals surface area contributed by atoms with Gasteiger partial charge in [-0.15, -0.1) is 0 Å². The van der Waals surface area contributed by atoms with Crippen LogP contribution in [0.2, 0.25) is 0 Å². The molecule has 142 valence electrons. The molecule has 0 aromatic heterocycles. The number of aliphatic carboxylic acids is 1. The van der Waals surface area contributed by atoms with Crippen molar-refractivity contribution in [3.05, 3.63) is 23.8 Å². The Morgan fingerprint density at radius 1 is 1.19 bits per heavy atom. The third-order valence-electron chi connectivity index (χ3n) is 5.46. The maximum absolute atomic E-state index is 12.7. The molecular weight excluding hydrogens is 356 g/mol. The molecule has 2 aliphatic rings. The molecule has 1 N–H and O–H groups in total. The Morgan fingerprint density at radius 2 is 1.85 bits per heavy atom. The number of sulfonamides is 1. The van der Waals surface area contributed by atoms with Crippen molar-refractivity contribution in [2.75, 3.05) is 24.5 Å². The summed E-state index contributed by atoms with van der Waals surface area (Å²) in [7, 11) is -3.54. The summed E-state index contributed by atoms with van der Waals surface area (Å²) in [6, 6.07) is 4.85. The van der Waals surface area contributed by atoms with Crippen LogP contribution in [0.3, 0.4) is 0 Å². The molecule has 26 heavy (non-hydrogen) atoms. The SMILES string of the molecule is CCN(CC)S(=O)(=O)c1ccc2c(c1)CCN2C(=O)C1CCC1C(=O)O. The highest BCUT2D eigenvalue weighted by Crippen LogP contribution is 2.39. The van der Waals surface area contributed by atoms with Gasteiger partial charge in [0.05, 0.1) is 16.7 Å². The minimum absolute atomic E-state index is 0.165. The summed E-state index contributed by atoms with van der Waals surface area (Å²) in [6.07, 6.45) is 1.71. The lowest BCUT2D eigenvalue weighted by molar-refractivity contribution is -0.151. The zero-order valence-corrected chi connectivity index (χ0v) is 15.8. The van der Waals surface area contributed by atoms with Gasteiger partial charge in [-0.05, 0) is 43.0 Å². The first-order valence-corrected chi connectivity index (χ1v) is 10.4. The fraction of sp³-hybridized carbons (Fsp3) is 0.556. The maximum atomic E-state index is 12.7. The largest absolute Gasteiger partial charge is 0.481 e. The van der Waals surface area contributed by atoms with E-state index in [0.29, 0.717) is 44.6 Å². The van der Waals surface area contributed by atoms with E-state index in [1.807, 2.05) is 0 Å². The molecule has 0 bridgehead atoms. The summed E-state index contributed by atoms with van der Waals surface area (Å²) in [4.78, 5) is 25.8. The van der Waals surface area contributed by atoms with E-state index >= 15 is 0 Å². The highest BCUT2D eigenvalue weighted by molar-refractivity contribution is 7.89. The van der Waals surface area contributed by atoms with Crippen LogP contribution in [0.5, 0.6) is 0 Å². The number of fused-ring (bicyclic) bond motifs is 1. The lowest BCUT2D eigenvalue weighted by Crippen LogP contribution is -2.45. The molecule has 1 aliphatic carbocycles. The van der Waals surface area contributed by atoms with Gasteiger partial charge in [-0.2, -0.15) is 4.31 Å². The van der Waals surface area contributed by atoms with Crippen LogP contribution in [0.1, 0.15) is 32.3 Å². The van der Waals surface area contributed by atoms with Gasteiger partial charge in [0.15, 0.2) is 0 Å². The zero-order chi connectivity index (χ0) is 19.1. The van der Waals surface area contributed by atoms with Gasteiger partial charge >= 0.3 is 5.97 Å². The van der Waals surface area contributed by atoms with Crippen LogP contribution in [0, 0.1) is 11.8 Å². The van der Waals surface area contributed by atoms with E-state index in [-0.39, 0.29) is 10.8 Å². The van der Waals surface area contributed by atoms with E-state index in [0.717, 1.165) is 5.56 Å².